The van der Waals surface area contributed by atoms with Crippen LogP contribution in [0.25, 0.3) is 11.1 Å². The normalized spacial score (nSPS) is 14.4. The molecule has 0 atom stereocenters. The van der Waals surface area contributed by atoms with Crippen LogP contribution in [0.1, 0.15) is 24.8 Å². The van der Waals surface area contributed by atoms with E-state index in [2.05, 4.69) is 0 Å². The molecule has 1 aliphatic heterocycles. The van der Waals surface area contributed by atoms with Gasteiger partial charge in [-0.05, 0) is 60.9 Å². The van der Waals surface area contributed by atoms with Crippen LogP contribution in [0.3, 0.4) is 0 Å². The van der Waals surface area contributed by atoms with E-state index in [4.69, 9.17) is 4.74 Å². The molecule has 0 unspecified atom stereocenters. The molecular formula is C27H27F2NO2. The van der Waals surface area contributed by atoms with E-state index in [9.17, 15) is 13.6 Å². The van der Waals surface area contributed by atoms with Gasteiger partial charge in [0.15, 0.2) is 18.2 Å². The first kappa shape index (κ1) is 22.0. The predicted molar refractivity (Wildman–Crippen MR) is 121 cm³/mol. The smallest absolute Gasteiger partial charge is 0.260 e. The third kappa shape index (κ3) is 5.52. The van der Waals surface area contributed by atoms with Crippen LogP contribution in [0.15, 0.2) is 72.8 Å². The third-order valence-corrected chi connectivity index (χ3v) is 6.11. The summed E-state index contributed by atoms with van der Waals surface area (Å²) in [7, 11) is 0. The van der Waals surface area contributed by atoms with E-state index in [0.29, 0.717) is 24.6 Å². The minimum Gasteiger partial charge on any atom is -0.480 e. The van der Waals surface area contributed by atoms with Gasteiger partial charge in [-0.2, -0.15) is 0 Å². The Kier molecular flexibility index (Phi) is 7.15. The maximum Gasteiger partial charge on any atom is 0.260 e. The van der Waals surface area contributed by atoms with Crippen molar-refractivity contribution in [3.8, 4) is 16.9 Å². The van der Waals surface area contributed by atoms with Crippen LogP contribution in [0.2, 0.25) is 0 Å². The summed E-state index contributed by atoms with van der Waals surface area (Å²) < 4.78 is 33.2. The van der Waals surface area contributed by atoms with Gasteiger partial charge in [-0.25, -0.2) is 8.78 Å². The molecule has 0 spiro atoms. The minimum absolute atomic E-state index is 0.112. The Balaban J connectivity index is 1.28. The third-order valence-electron chi connectivity index (χ3n) is 6.11. The van der Waals surface area contributed by atoms with Crippen LogP contribution < -0.4 is 4.74 Å². The van der Waals surface area contributed by atoms with Gasteiger partial charge < -0.3 is 9.64 Å². The lowest BCUT2D eigenvalue weighted by molar-refractivity contribution is -0.134. The first-order chi connectivity index (χ1) is 15.6. The largest absolute Gasteiger partial charge is 0.480 e. The molecule has 0 aliphatic carbocycles. The number of piperidine rings is 1. The highest BCUT2D eigenvalue weighted by molar-refractivity contribution is 5.78. The monoisotopic (exact) mass is 435 g/mol. The molecule has 166 valence electrons. The summed E-state index contributed by atoms with van der Waals surface area (Å²) in [6, 6.07) is 20.9. The number of hydrogen-bond donors (Lipinski definition) is 0. The van der Waals surface area contributed by atoms with Crippen molar-refractivity contribution in [2.45, 2.75) is 25.7 Å². The van der Waals surface area contributed by atoms with Gasteiger partial charge in [0.05, 0.1) is 0 Å². The van der Waals surface area contributed by atoms with Crippen LogP contribution in [-0.4, -0.2) is 30.5 Å². The number of carbonyl (C=O) groups excluding carboxylic acids is 1. The van der Waals surface area contributed by atoms with Crippen molar-refractivity contribution >= 4 is 5.91 Å². The van der Waals surface area contributed by atoms with Crippen LogP contribution in [0, 0.1) is 17.6 Å². The van der Waals surface area contributed by atoms with Crippen LogP contribution in [-0.2, 0) is 11.2 Å². The summed E-state index contributed by atoms with van der Waals surface area (Å²) in [5.41, 5.74) is 2.62. The lowest BCUT2D eigenvalue weighted by Crippen LogP contribution is -2.41. The van der Waals surface area contributed by atoms with Crippen LogP contribution in [0.5, 0.6) is 5.75 Å². The molecule has 0 saturated carbocycles. The Bertz CT molecular complexity index is 1030. The topological polar surface area (TPSA) is 29.5 Å². The molecule has 32 heavy (non-hydrogen) atoms. The molecule has 5 heteroatoms. The molecular weight excluding hydrogens is 408 g/mol. The number of likely N-dealkylation sites (tertiary alicyclic amines) is 1. The SMILES string of the molecule is O=C(COc1c(F)cccc1-c1ccccc1)N1CCC(CCc2ccc(F)cc2)CC1. The molecule has 0 bridgehead atoms. The second-order valence-electron chi connectivity index (χ2n) is 8.26. The molecule has 4 rings (SSSR count). The molecule has 1 heterocycles. The molecule has 0 aromatic heterocycles. The number of amides is 1. The average molecular weight is 436 g/mol. The summed E-state index contributed by atoms with van der Waals surface area (Å²) >= 11 is 0. The predicted octanol–water partition coefficient (Wildman–Crippen LogP) is 5.88. The Morgan fingerprint density at radius 3 is 2.34 bits per heavy atom. The molecule has 3 aromatic rings. The van der Waals surface area contributed by atoms with E-state index in [1.807, 2.05) is 42.5 Å². The van der Waals surface area contributed by atoms with Gasteiger partial charge in [-0.15, -0.1) is 0 Å². The first-order valence-corrected chi connectivity index (χ1v) is 11.1. The van der Waals surface area contributed by atoms with Gasteiger partial charge >= 0.3 is 0 Å². The number of halogens is 2. The standard InChI is InChI=1S/C27H27F2NO2/c28-23-13-11-20(12-14-23)9-10-21-15-17-30(18-16-21)26(31)19-32-27-24(7-4-8-25(27)29)22-5-2-1-3-6-22/h1-8,11-14,21H,9-10,15-19H2. The van der Waals surface area contributed by atoms with Gasteiger partial charge in [0.1, 0.15) is 5.82 Å². The summed E-state index contributed by atoms with van der Waals surface area (Å²) in [6.45, 7) is 1.18. The number of aryl methyl sites for hydroxylation is 1. The zero-order chi connectivity index (χ0) is 22.3. The van der Waals surface area contributed by atoms with Crippen molar-refractivity contribution in [1.29, 1.82) is 0 Å². The van der Waals surface area contributed by atoms with Crippen molar-refractivity contribution < 1.29 is 18.3 Å². The highest BCUT2D eigenvalue weighted by Gasteiger charge is 2.23. The highest BCUT2D eigenvalue weighted by atomic mass is 19.1. The fourth-order valence-corrected chi connectivity index (χ4v) is 4.22. The minimum atomic E-state index is -0.473. The Labute approximate surface area is 187 Å². The van der Waals surface area contributed by atoms with Crippen LogP contribution >= 0.6 is 0 Å². The Morgan fingerprint density at radius 1 is 0.906 bits per heavy atom. The molecule has 0 radical (unpaired) electrons. The quantitative estimate of drug-likeness (QED) is 0.464. The summed E-state index contributed by atoms with van der Waals surface area (Å²) in [5.74, 6) is -0.153. The molecule has 1 fully saturated rings. The summed E-state index contributed by atoms with van der Waals surface area (Å²) in [6.07, 6.45) is 3.81. The maximum absolute atomic E-state index is 14.5. The van der Waals surface area contributed by atoms with Crippen molar-refractivity contribution in [3.63, 3.8) is 0 Å². The average Bonchev–Trinajstić information content (AvgIpc) is 2.83. The van der Waals surface area contributed by atoms with E-state index in [1.165, 1.54) is 18.2 Å². The second kappa shape index (κ2) is 10.4. The van der Waals surface area contributed by atoms with Gasteiger partial charge in [-0.1, -0.05) is 54.6 Å². The van der Waals surface area contributed by atoms with E-state index < -0.39 is 5.82 Å². The number of benzene rings is 3. The molecule has 1 amide bonds. The second-order valence-corrected chi connectivity index (χ2v) is 8.26. The Hall–Kier alpha value is -3.21. The van der Waals surface area contributed by atoms with Crippen molar-refractivity contribution in [1.82, 2.24) is 4.90 Å². The fraction of sp³-hybridized carbons (Fsp3) is 0.296. The highest BCUT2D eigenvalue weighted by Crippen LogP contribution is 2.32. The summed E-state index contributed by atoms with van der Waals surface area (Å²) in [4.78, 5) is 14.5. The molecule has 0 N–H and O–H groups in total. The number of para-hydroxylation sites is 1. The van der Waals surface area contributed by atoms with E-state index >= 15 is 0 Å². The summed E-state index contributed by atoms with van der Waals surface area (Å²) in [5, 5.41) is 0. The van der Waals surface area contributed by atoms with Gasteiger partial charge in [-0.3, -0.25) is 4.79 Å². The molecule has 1 saturated heterocycles. The van der Waals surface area contributed by atoms with Crippen molar-refractivity contribution in [2.24, 2.45) is 5.92 Å². The lowest BCUT2D eigenvalue weighted by atomic mass is 9.90. The van der Waals surface area contributed by atoms with Gasteiger partial charge in [0, 0.05) is 18.7 Å². The molecule has 3 nitrogen and oxygen atoms in total. The van der Waals surface area contributed by atoms with Crippen molar-refractivity contribution in [3.05, 3.63) is 90.0 Å². The molecule has 1 aliphatic rings. The van der Waals surface area contributed by atoms with Gasteiger partial charge in [0.25, 0.3) is 5.91 Å². The van der Waals surface area contributed by atoms with Crippen molar-refractivity contribution in [2.75, 3.05) is 19.7 Å². The lowest BCUT2D eigenvalue weighted by Gasteiger charge is -2.32. The van der Waals surface area contributed by atoms with E-state index in [-0.39, 0.29) is 24.1 Å². The Morgan fingerprint density at radius 2 is 1.62 bits per heavy atom. The number of rotatable bonds is 7. The number of nitrogens with zero attached hydrogens (tertiary/aromatic N) is 1. The number of ether oxygens (including phenoxy) is 1. The molecule has 3 aromatic carbocycles. The van der Waals surface area contributed by atoms with Crippen LogP contribution in [0.4, 0.5) is 8.78 Å². The van der Waals surface area contributed by atoms with E-state index in [1.54, 1.807) is 17.0 Å². The maximum atomic E-state index is 14.5. The zero-order valence-electron chi connectivity index (χ0n) is 18.0. The van der Waals surface area contributed by atoms with Gasteiger partial charge in [0.2, 0.25) is 0 Å². The number of carbonyl (C=O) groups is 1. The fourth-order valence-electron chi connectivity index (χ4n) is 4.22. The number of hydrogen-bond acceptors (Lipinski definition) is 2. The first-order valence-electron chi connectivity index (χ1n) is 11.1. The zero-order valence-corrected chi connectivity index (χ0v) is 18.0. The van der Waals surface area contributed by atoms with E-state index in [0.717, 1.165) is 36.8 Å².